The molecular weight excluding hydrogens is 80.0 g/mol. The van der Waals surface area contributed by atoms with Crippen LogP contribution in [0, 0.1) is 12.3 Å². The van der Waals surface area contributed by atoms with Crippen LogP contribution in [-0.2, 0) is 9.84 Å². The van der Waals surface area contributed by atoms with Gasteiger partial charge in [-0.15, -0.1) is 6.42 Å². The van der Waals surface area contributed by atoms with Crippen LogP contribution in [0.2, 0.25) is 0 Å². The van der Waals surface area contributed by atoms with E-state index in [2.05, 4.69) is 10.7 Å². The lowest BCUT2D eigenvalue weighted by Crippen LogP contribution is -1.88. The Morgan fingerprint density at radius 1 is 1.83 bits per heavy atom. The summed E-state index contributed by atoms with van der Waals surface area (Å²) in [6.07, 6.45) is 4.70. The van der Waals surface area contributed by atoms with Gasteiger partial charge in [-0.05, 0) is 0 Å². The average Bonchev–Trinajstić information content (AvgIpc) is 1.61. The van der Waals surface area contributed by atoms with Crippen molar-refractivity contribution in [3.63, 3.8) is 0 Å². The second kappa shape index (κ2) is 4.48. The highest BCUT2D eigenvalue weighted by atomic mass is 16.6. The standard InChI is InChI=1S/C4H5O2/c1-2-3-6-4-5/h1H,3-4H2. The zero-order valence-electron chi connectivity index (χ0n) is 3.31. The fraction of sp³-hybridized carbons (Fsp3) is 0.500. The van der Waals surface area contributed by atoms with Gasteiger partial charge in [-0.1, -0.05) is 5.92 Å². The molecule has 0 bridgehead atoms. The molecule has 2 nitrogen and oxygen atoms in total. The molecule has 0 saturated heterocycles. The maximum Gasteiger partial charge on any atom is 0.182 e. The largest absolute Gasteiger partial charge is 0.340 e. The number of hydrogen-bond acceptors (Lipinski definition) is 1. The van der Waals surface area contributed by atoms with E-state index in [-0.39, 0.29) is 6.61 Å². The molecule has 2 heteroatoms. The highest BCUT2D eigenvalue weighted by molar-refractivity contribution is 4.82. The molecule has 0 heterocycles. The molecule has 0 N–H and O–H groups in total. The molecule has 1 radical (unpaired) electrons. The van der Waals surface area contributed by atoms with Crippen molar-refractivity contribution >= 4 is 0 Å². The van der Waals surface area contributed by atoms with E-state index in [4.69, 9.17) is 6.42 Å². The van der Waals surface area contributed by atoms with Gasteiger partial charge >= 0.3 is 0 Å². The molecule has 0 fully saturated rings. The monoisotopic (exact) mass is 85.0 g/mol. The fourth-order valence-electron chi connectivity index (χ4n) is 0.101. The van der Waals surface area contributed by atoms with Crippen molar-refractivity contribution in [1.29, 1.82) is 0 Å². The normalized spacial score (nSPS) is 7.33. The summed E-state index contributed by atoms with van der Waals surface area (Å²) in [5.41, 5.74) is 0. The number of ether oxygens (including phenoxy) is 1. The summed E-state index contributed by atoms with van der Waals surface area (Å²) in [6.45, 7) is -0.409. The van der Waals surface area contributed by atoms with Crippen molar-refractivity contribution in [2.75, 3.05) is 13.4 Å². The molecule has 0 unspecified atom stereocenters. The summed E-state index contributed by atoms with van der Waals surface area (Å²) < 4.78 is 4.19. The first-order chi connectivity index (χ1) is 2.91. The van der Waals surface area contributed by atoms with E-state index in [0.29, 0.717) is 0 Å². The first-order valence-electron chi connectivity index (χ1n) is 1.51. The van der Waals surface area contributed by atoms with Crippen molar-refractivity contribution in [1.82, 2.24) is 0 Å². The van der Waals surface area contributed by atoms with Crippen molar-refractivity contribution in [2.45, 2.75) is 0 Å². The van der Waals surface area contributed by atoms with E-state index in [1.54, 1.807) is 0 Å². The summed E-state index contributed by atoms with van der Waals surface area (Å²) in [6, 6.07) is 0. The average molecular weight is 85.1 g/mol. The molecule has 0 rings (SSSR count). The molecular formula is C4H5O2. The molecule has 33 valence electrons. The summed E-state index contributed by atoms with van der Waals surface area (Å²) >= 11 is 0. The first-order valence-corrected chi connectivity index (χ1v) is 1.51. The molecule has 0 amide bonds. The maximum absolute atomic E-state index is 9.37. The quantitative estimate of drug-likeness (QED) is 0.264. The molecule has 0 spiro atoms. The Morgan fingerprint density at radius 3 is 2.67 bits per heavy atom. The van der Waals surface area contributed by atoms with E-state index in [1.165, 1.54) is 0 Å². The zero-order chi connectivity index (χ0) is 4.83. The third-order valence-corrected chi connectivity index (χ3v) is 0.269. The van der Waals surface area contributed by atoms with Crippen LogP contribution in [0.5, 0.6) is 0 Å². The van der Waals surface area contributed by atoms with Gasteiger partial charge in [0.25, 0.3) is 0 Å². The highest BCUT2D eigenvalue weighted by Crippen LogP contribution is 1.63. The van der Waals surface area contributed by atoms with Gasteiger partial charge in [0.1, 0.15) is 6.61 Å². The lowest BCUT2D eigenvalue weighted by atomic mass is 10.8. The van der Waals surface area contributed by atoms with Crippen molar-refractivity contribution in [2.24, 2.45) is 0 Å². The molecule has 0 atom stereocenters. The summed E-state index contributed by atoms with van der Waals surface area (Å²) in [5, 5.41) is 9.37. The molecule has 0 aliphatic rings. The van der Waals surface area contributed by atoms with Crippen LogP contribution in [0.3, 0.4) is 0 Å². The Balaban J connectivity index is 2.54. The van der Waals surface area contributed by atoms with Gasteiger partial charge in [0.15, 0.2) is 6.79 Å². The van der Waals surface area contributed by atoms with Gasteiger partial charge < -0.3 is 4.74 Å². The van der Waals surface area contributed by atoms with Crippen LogP contribution < -0.4 is 0 Å². The Hall–Kier alpha value is -0.520. The van der Waals surface area contributed by atoms with E-state index in [1.807, 2.05) is 0 Å². The van der Waals surface area contributed by atoms with E-state index >= 15 is 0 Å². The third-order valence-electron chi connectivity index (χ3n) is 0.269. The lowest BCUT2D eigenvalue weighted by molar-refractivity contribution is -0.0301. The fourth-order valence-corrected chi connectivity index (χ4v) is 0.101. The minimum atomic E-state index is -0.538. The summed E-state index contributed by atoms with van der Waals surface area (Å²) in [7, 11) is 0. The number of terminal acetylenes is 1. The molecule has 0 aliphatic carbocycles. The molecule has 0 aromatic heterocycles. The first kappa shape index (κ1) is 5.48. The molecule has 0 aliphatic heterocycles. The SMILES string of the molecule is C#CCOC[O]. The highest BCUT2D eigenvalue weighted by Gasteiger charge is 1.70. The van der Waals surface area contributed by atoms with E-state index in [0.717, 1.165) is 0 Å². The van der Waals surface area contributed by atoms with Gasteiger partial charge in [-0.25, -0.2) is 5.11 Å². The van der Waals surface area contributed by atoms with Gasteiger partial charge in [0.05, 0.1) is 0 Å². The Labute approximate surface area is 36.7 Å². The summed E-state index contributed by atoms with van der Waals surface area (Å²) in [5.74, 6) is 2.15. The molecule has 0 aromatic rings. The van der Waals surface area contributed by atoms with Crippen LogP contribution in [-0.4, -0.2) is 13.4 Å². The van der Waals surface area contributed by atoms with Crippen LogP contribution in [0.25, 0.3) is 0 Å². The summed E-state index contributed by atoms with van der Waals surface area (Å²) in [4.78, 5) is 0. The van der Waals surface area contributed by atoms with Crippen LogP contribution in [0.15, 0.2) is 0 Å². The number of hydrogen-bond donors (Lipinski definition) is 0. The Morgan fingerprint density at radius 2 is 2.50 bits per heavy atom. The third kappa shape index (κ3) is 3.48. The minimum absolute atomic E-state index is 0.128. The minimum Gasteiger partial charge on any atom is -0.340 e. The second-order valence-corrected chi connectivity index (χ2v) is 0.670. The van der Waals surface area contributed by atoms with E-state index < -0.39 is 6.79 Å². The predicted molar refractivity (Wildman–Crippen MR) is 20.3 cm³/mol. The predicted octanol–water partition coefficient (Wildman–Crippen LogP) is 0.0242. The topological polar surface area (TPSA) is 29.1 Å². The van der Waals surface area contributed by atoms with E-state index in [9.17, 15) is 5.11 Å². The van der Waals surface area contributed by atoms with Crippen molar-refractivity contribution < 1.29 is 9.84 Å². The van der Waals surface area contributed by atoms with Crippen LogP contribution >= 0.6 is 0 Å². The molecule has 0 aromatic carbocycles. The van der Waals surface area contributed by atoms with Crippen molar-refractivity contribution in [3.05, 3.63) is 0 Å². The number of rotatable bonds is 2. The van der Waals surface area contributed by atoms with Crippen LogP contribution in [0.1, 0.15) is 0 Å². The zero-order valence-corrected chi connectivity index (χ0v) is 3.31. The van der Waals surface area contributed by atoms with Gasteiger partial charge in [-0.3, -0.25) is 0 Å². The lowest BCUT2D eigenvalue weighted by Gasteiger charge is -1.83. The van der Waals surface area contributed by atoms with Gasteiger partial charge in [-0.2, -0.15) is 0 Å². The smallest absolute Gasteiger partial charge is 0.182 e. The van der Waals surface area contributed by atoms with Gasteiger partial charge in [0, 0.05) is 0 Å². The second-order valence-electron chi connectivity index (χ2n) is 0.670. The maximum atomic E-state index is 9.37. The van der Waals surface area contributed by atoms with Crippen molar-refractivity contribution in [3.8, 4) is 12.3 Å². The molecule has 0 saturated carbocycles. The Bertz CT molecular complexity index is 53.1. The molecule has 6 heavy (non-hydrogen) atoms. The van der Waals surface area contributed by atoms with Crippen LogP contribution in [0.4, 0.5) is 0 Å². The van der Waals surface area contributed by atoms with Gasteiger partial charge in [0.2, 0.25) is 0 Å². The Kier molecular flexibility index (Phi) is 4.09.